The van der Waals surface area contributed by atoms with Crippen LogP contribution >= 0.6 is 45.3 Å². The first-order valence-electron chi connectivity index (χ1n) is 18.4. The van der Waals surface area contributed by atoms with Crippen LogP contribution < -0.4 is 11.1 Å². The van der Waals surface area contributed by atoms with Crippen molar-refractivity contribution < 1.29 is 9.53 Å². The summed E-state index contributed by atoms with van der Waals surface area (Å²) < 4.78 is 4.93. The molecule has 0 bridgehead atoms. The van der Waals surface area contributed by atoms with Crippen molar-refractivity contribution in [2.75, 3.05) is 26.7 Å². The largest absolute Gasteiger partial charge is 0.388 e. The molecule has 1 saturated heterocycles. The molecule has 4 aliphatic carbocycles. The summed E-state index contributed by atoms with van der Waals surface area (Å²) in [5.41, 5.74) is 11.1. The standard InChI is InChI=1S/C10H15NS.C9H13NS.C9H9NS.C8H8OS.C4H7BO.2CH4/c1-11-7-8-3-2-4-10-9(8)5-6-12-10;2*10-6-7-2-1-3-9-8(7)4-5-11-9;9-7-2-1-3-8-6(7)4-5-10-8;5-4-2-1-3-6-4;;/h5-6,8,11H,2-4,7H2,1H3;4-5,7H,1-3,6,10H2;4-5,7H,1-3H2;4-5H,1-3H2;4H,1-3H2;2*1H4. The molecule has 5 aliphatic rings. The van der Waals surface area contributed by atoms with Crippen molar-refractivity contribution in [2.45, 2.75) is 129 Å². The van der Waals surface area contributed by atoms with Gasteiger partial charge in [0, 0.05) is 50.6 Å². The van der Waals surface area contributed by atoms with Crippen LogP contribution in [0.3, 0.4) is 0 Å². The highest BCUT2D eigenvalue weighted by atomic mass is 32.1. The molecule has 4 aromatic heterocycles. The van der Waals surface area contributed by atoms with Gasteiger partial charge in [-0.2, -0.15) is 5.26 Å². The van der Waals surface area contributed by atoms with Gasteiger partial charge < -0.3 is 15.8 Å². The second kappa shape index (κ2) is 23.6. The monoisotopic (exact) mass is 777 g/mol. The van der Waals surface area contributed by atoms with Crippen molar-refractivity contribution in [3.05, 3.63) is 87.5 Å². The number of hydrogen-bond donors (Lipinski definition) is 2. The normalized spacial score (nSPS) is 22.0. The first-order valence-corrected chi connectivity index (χ1v) is 21.9. The van der Waals surface area contributed by atoms with E-state index >= 15 is 0 Å². The van der Waals surface area contributed by atoms with Gasteiger partial charge in [0.2, 0.25) is 0 Å². The van der Waals surface area contributed by atoms with Crippen LogP contribution in [0.4, 0.5) is 0 Å². The van der Waals surface area contributed by atoms with E-state index in [1.165, 1.54) is 72.2 Å². The van der Waals surface area contributed by atoms with Crippen LogP contribution in [0.2, 0.25) is 0 Å². The number of ketones is 1. The molecular formula is C42H60BN3O2S4. The third-order valence-corrected chi connectivity index (χ3v) is 14.1. The van der Waals surface area contributed by atoms with Crippen LogP contribution in [-0.4, -0.2) is 46.4 Å². The van der Waals surface area contributed by atoms with Gasteiger partial charge in [-0.3, -0.25) is 4.79 Å². The van der Waals surface area contributed by atoms with Gasteiger partial charge in [-0.05, 0) is 171 Å². The number of fused-ring (bicyclic) bond motifs is 4. The predicted molar refractivity (Wildman–Crippen MR) is 228 cm³/mol. The van der Waals surface area contributed by atoms with Crippen molar-refractivity contribution >= 4 is 59.0 Å². The van der Waals surface area contributed by atoms with Crippen LogP contribution in [0, 0.1) is 11.3 Å². The van der Waals surface area contributed by atoms with E-state index in [9.17, 15) is 4.79 Å². The minimum absolute atomic E-state index is 0. The number of nitrogens with one attached hydrogen (secondary N) is 1. The van der Waals surface area contributed by atoms with E-state index in [0.29, 0.717) is 11.7 Å². The van der Waals surface area contributed by atoms with E-state index < -0.39 is 0 Å². The molecule has 282 valence electrons. The molecule has 10 heteroatoms. The summed E-state index contributed by atoms with van der Waals surface area (Å²) in [6.45, 7) is 2.83. The van der Waals surface area contributed by atoms with Gasteiger partial charge in [0.25, 0.3) is 0 Å². The Kier molecular flexibility index (Phi) is 20.1. The van der Waals surface area contributed by atoms with Crippen LogP contribution in [0.25, 0.3) is 0 Å². The lowest BCUT2D eigenvalue weighted by Gasteiger charge is -2.21. The molecule has 5 nitrogen and oxygen atoms in total. The molecule has 0 spiro atoms. The molecule has 1 aliphatic heterocycles. The topological polar surface area (TPSA) is 88.1 Å². The average Bonchev–Trinajstić information content (AvgIpc) is 4.00. The maximum Gasteiger partial charge on any atom is 0.164 e. The Morgan fingerprint density at radius 2 is 1.29 bits per heavy atom. The molecular weight excluding hydrogens is 718 g/mol. The van der Waals surface area contributed by atoms with E-state index in [1.807, 2.05) is 41.2 Å². The first-order chi connectivity index (χ1) is 24.5. The van der Waals surface area contributed by atoms with Crippen LogP contribution in [0.15, 0.2) is 45.8 Å². The molecule has 4 unspecified atom stereocenters. The van der Waals surface area contributed by atoms with E-state index in [2.05, 4.69) is 45.7 Å². The Bertz CT molecular complexity index is 1630. The number of nitrogens with two attached hydrogens (primary N) is 1. The Morgan fingerprint density at radius 1 is 0.750 bits per heavy atom. The Morgan fingerprint density at radius 3 is 1.83 bits per heavy atom. The minimum atomic E-state index is 0. The summed E-state index contributed by atoms with van der Waals surface area (Å²) in [7, 11) is 7.35. The van der Waals surface area contributed by atoms with Crippen LogP contribution in [0.1, 0.15) is 143 Å². The summed E-state index contributed by atoms with van der Waals surface area (Å²) >= 11 is 7.32. The zero-order chi connectivity index (χ0) is 35.1. The number of aryl methyl sites for hydroxylation is 4. The van der Waals surface area contributed by atoms with Crippen molar-refractivity contribution in [1.29, 1.82) is 5.26 Å². The fourth-order valence-corrected chi connectivity index (χ4v) is 11.4. The smallest absolute Gasteiger partial charge is 0.164 e. The molecule has 5 heterocycles. The molecule has 0 aromatic carbocycles. The van der Waals surface area contributed by atoms with Crippen molar-refractivity contribution in [3.63, 3.8) is 0 Å². The number of rotatable bonds is 3. The number of likely N-dealkylation sites (N-methyl/N-ethyl adjacent to an activating group) is 1. The number of nitriles is 1. The lowest BCUT2D eigenvalue weighted by Crippen LogP contribution is -2.20. The number of ether oxygens (including phenoxy) is 1. The highest BCUT2D eigenvalue weighted by Crippen LogP contribution is 2.36. The molecule has 1 fully saturated rings. The summed E-state index contributed by atoms with van der Waals surface area (Å²) in [5, 5.41) is 20.6. The van der Waals surface area contributed by atoms with Crippen molar-refractivity contribution in [2.24, 2.45) is 5.73 Å². The molecule has 0 amide bonds. The molecule has 3 N–H and O–H groups in total. The molecule has 4 aromatic rings. The maximum absolute atomic E-state index is 11.2. The second-order valence-electron chi connectivity index (χ2n) is 13.5. The first kappa shape index (κ1) is 44.3. The molecule has 0 saturated carbocycles. The Hall–Kier alpha value is -2.10. The lowest BCUT2D eigenvalue weighted by atomic mass is 9.88. The summed E-state index contributed by atoms with van der Waals surface area (Å²) in [6, 6.07) is 11.0. The van der Waals surface area contributed by atoms with Gasteiger partial charge in [-0.15, -0.1) is 45.3 Å². The van der Waals surface area contributed by atoms with E-state index in [1.54, 1.807) is 38.0 Å². The van der Waals surface area contributed by atoms with E-state index in [0.717, 1.165) is 69.7 Å². The number of Topliss-reactive ketones (excluding diaryl/α,β-unsaturated/α-hetero) is 1. The zero-order valence-electron chi connectivity index (χ0n) is 29.5. The molecule has 52 heavy (non-hydrogen) atoms. The van der Waals surface area contributed by atoms with Gasteiger partial charge in [0.05, 0.1) is 12.0 Å². The van der Waals surface area contributed by atoms with Gasteiger partial charge in [-0.1, -0.05) is 14.9 Å². The minimum Gasteiger partial charge on any atom is -0.388 e. The fourth-order valence-electron chi connectivity index (χ4n) is 7.42. The number of carbonyl (C=O) groups excluding carboxylic acids is 1. The zero-order valence-corrected chi connectivity index (χ0v) is 32.8. The average molecular weight is 778 g/mol. The van der Waals surface area contributed by atoms with Gasteiger partial charge >= 0.3 is 0 Å². The number of nitrogens with zero attached hydrogens (tertiary/aromatic N) is 1. The third kappa shape index (κ3) is 12.5. The third-order valence-electron chi connectivity index (χ3n) is 10.1. The number of hydrogen-bond acceptors (Lipinski definition) is 9. The quantitative estimate of drug-likeness (QED) is 0.202. The SMILES string of the molecule is C.C.CNCC1CCCc2sccc21.N#CC1CCCc2sccc21.NCC1CCCc2sccc21.O=C1CCCc2sccc21.[B]C1CCCO1. The number of thiophene rings is 4. The van der Waals surface area contributed by atoms with Crippen LogP contribution in [0.5, 0.6) is 0 Å². The van der Waals surface area contributed by atoms with Gasteiger partial charge in [0.1, 0.15) is 7.85 Å². The predicted octanol–water partition coefficient (Wildman–Crippen LogP) is 11.0. The van der Waals surface area contributed by atoms with Crippen molar-refractivity contribution in [3.8, 4) is 6.07 Å². The second-order valence-corrected chi connectivity index (χ2v) is 17.5. The maximum atomic E-state index is 11.2. The molecule has 2 radical (unpaired) electrons. The van der Waals surface area contributed by atoms with E-state index in [-0.39, 0.29) is 26.8 Å². The number of carbonyl (C=O) groups is 1. The molecule has 9 rings (SSSR count). The van der Waals surface area contributed by atoms with E-state index in [4.69, 9.17) is 23.6 Å². The van der Waals surface area contributed by atoms with Crippen LogP contribution in [-0.2, 0) is 30.4 Å². The molecule has 4 atom stereocenters. The van der Waals surface area contributed by atoms with Crippen molar-refractivity contribution in [1.82, 2.24) is 5.32 Å². The van der Waals surface area contributed by atoms with Gasteiger partial charge in [-0.25, -0.2) is 0 Å². The van der Waals surface area contributed by atoms with Gasteiger partial charge in [0.15, 0.2) is 5.78 Å². The lowest BCUT2D eigenvalue weighted by molar-refractivity contribution is 0.0973. The summed E-state index contributed by atoms with van der Waals surface area (Å²) in [4.78, 5) is 17.1. The Balaban J connectivity index is 0.000000176. The fraction of sp³-hybridized carbons (Fsp3) is 0.571. The Labute approximate surface area is 331 Å². The highest BCUT2D eigenvalue weighted by Gasteiger charge is 2.22. The summed E-state index contributed by atoms with van der Waals surface area (Å²) in [5.74, 6) is 1.96. The highest BCUT2D eigenvalue weighted by molar-refractivity contribution is 7.11. The summed E-state index contributed by atoms with van der Waals surface area (Å²) in [6.07, 6.45) is 16.5.